The van der Waals surface area contributed by atoms with Gasteiger partial charge in [-0.2, -0.15) is 15.1 Å². The van der Waals surface area contributed by atoms with Crippen molar-refractivity contribution in [1.29, 1.82) is 5.41 Å². The van der Waals surface area contributed by atoms with Gasteiger partial charge in [0.1, 0.15) is 16.5 Å². The first-order valence-electron chi connectivity index (χ1n) is 9.78. The van der Waals surface area contributed by atoms with Gasteiger partial charge >= 0.3 is 0 Å². The second kappa shape index (κ2) is 9.73. The zero-order valence-electron chi connectivity index (χ0n) is 17.0. The third kappa shape index (κ3) is 4.87. The summed E-state index contributed by atoms with van der Waals surface area (Å²) in [5.74, 6) is 0.800. The quantitative estimate of drug-likeness (QED) is 0.468. The smallest absolute Gasteiger partial charge is 0.283 e. The number of ether oxygens (including phenoxy) is 2. The third-order valence-electron chi connectivity index (χ3n) is 4.73. The summed E-state index contributed by atoms with van der Waals surface area (Å²) in [7, 11) is 3.13. The molecule has 0 bridgehead atoms. The summed E-state index contributed by atoms with van der Waals surface area (Å²) in [6.07, 6.45) is 8.35. The predicted octanol–water partition coefficient (Wildman–Crippen LogP) is 4.68. The van der Waals surface area contributed by atoms with Gasteiger partial charge in [-0.25, -0.2) is 0 Å². The van der Waals surface area contributed by atoms with Gasteiger partial charge < -0.3 is 9.47 Å². The van der Waals surface area contributed by atoms with Crippen molar-refractivity contribution in [2.45, 2.75) is 45.4 Å². The normalized spacial score (nSPS) is 17.3. The molecule has 1 amide bonds. The summed E-state index contributed by atoms with van der Waals surface area (Å²) in [5, 5.41) is 15.8. The number of thioether (sulfide) groups is 1. The molecule has 2 aliphatic heterocycles. The Morgan fingerprint density at radius 1 is 1.17 bits per heavy atom. The molecule has 29 heavy (non-hydrogen) atoms. The molecule has 0 aliphatic carbocycles. The van der Waals surface area contributed by atoms with Gasteiger partial charge in [-0.15, -0.1) is 0 Å². The molecule has 3 rings (SSSR count). The van der Waals surface area contributed by atoms with E-state index in [4.69, 9.17) is 14.9 Å². The summed E-state index contributed by atoms with van der Waals surface area (Å²) >= 11 is 1.38. The largest absolute Gasteiger partial charge is 0.497 e. The fourth-order valence-electron chi connectivity index (χ4n) is 3.12. The van der Waals surface area contributed by atoms with Crippen LogP contribution in [0.15, 0.2) is 33.9 Å². The fraction of sp³-hybridized carbons (Fsp3) is 0.429. The Balaban J connectivity index is 1.79. The van der Waals surface area contributed by atoms with Gasteiger partial charge in [-0.1, -0.05) is 32.6 Å². The van der Waals surface area contributed by atoms with Crippen LogP contribution < -0.4 is 9.47 Å². The topological polar surface area (TPSA) is 87.3 Å². The number of rotatable bonds is 9. The molecule has 0 unspecified atom stereocenters. The second-order valence-corrected chi connectivity index (χ2v) is 7.83. The van der Waals surface area contributed by atoms with Gasteiger partial charge in [0.25, 0.3) is 5.91 Å². The van der Waals surface area contributed by atoms with Crippen molar-refractivity contribution in [2.24, 2.45) is 10.1 Å². The predicted molar refractivity (Wildman–Crippen MR) is 118 cm³/mol. The minimum Gasteiger partial charge on any atom is -0.497 e. The van der Waals surface area contributed by atoms with E-state index in [0.29, 0.717) is 22.2 Å². The van der Waals surface area contributed by atoms with Gasteiger partial charge in [-0.3, -0.25) is 10.2 Å². The number of fused-ring (bicyclic) bond motifs is 1. The number of nitrogens with zero attached hydrogens (tertiary/aromatic N) is 3. The Morgan fingerprint density at radius 2 is 1.97 bits per heavy atom. The van der Waals surface area contributed by atoms with Crippen LogP contribution in [-0.2, 0) is 4.79 Å². The molecule has 7 nitrogen and oxygen atoms in total. The second-order valence-electron chi connectivity index (χ2n) is 6.79. The van der Waals surface area contributed by atoms with Crippen LogP contribution in [0.3, 0.4) is 0 Å². The molecule has 0 spiro atoms. The summed E-state index contributed by atoms with van der Waals surface area (Å²) < 4.78 is 10.6. The first-order chi connectivity index (χ1) is 14.1. The van der Waals surface area contributed by atoms with Crippen LogP contribution in [0.2, 0.25) is 0 Å². The Morgan fingerprint density at radius 3 is 2.69 bits per heavy atom. The molecule has 0 fully saturated rings. The molecule has 1 aromatic carbocycles. The maximum atomic E-state index is 12.6. The number of carbonyl (C=O) groups excluding carboxylic acids is 1. The number of methoxy groups -OCH3 is 2. The van der Waals surface area contributed by atoms with Crippen molar-refractivity contribution in [2.75, 3.05) is 14.2 Å². The molecule has 1 N–H and O–H groups in total. The van der Waals surface area contributed by atoms with E-state index >= 15 is 0 Å². The lowest BCUT2D eigenvalue weighted by Crippen LogP contribution is -2.35. The number of hydrogen-bond acceptors (Lipinski definition) is 6. The highest BCUT2D eigenvalue weighted by Gasteiger charge is 2.35. The van der Waals surface area contributed by atoms with Crippen molar-refractivity contribution in [3.8, 4) is 11.5 Å². The van der Waals surface area contributed by atoms with Gasteiger partial charge in [0, 0.05) is 5.56 Å². The summed E-state index contributed by atoms with van der Waals surface area (Å²) in [5.41, 5.74) is 0.819. The number of hydrogen-bond donors (Lipinski definition) is 1. The van der Waals surface area contributed by atoms with E-state index in [1.165, 1.54) is 36.0 Å². The Hall–Kier alpha value is -2.61. The summed E-state index contributed by atoms with van der Waals surface area (Å²) in [6.45, 7) is 2.20. The maximum Gasteiger partial charge on any atom is 0.283 e. The van der Waals surface area contributed by atoms with Crippen LogP contribution >= 0.6 is 11.8 Å². The first kappa shape index (κ1) is 21.1. The maximum absolute atomic E-state index is 12.6. The zero-order chi connectivity index (χ0) is 20.8. The van der Waals surface area contributed by atoms with Crippen molar-refractivity contribution >= 4 is 39.8 Å². The number of amidine groups is 2. The molecule has 154 valence electrons. The van der Waals surface area contributed by atoms with Crippen LogP contribution in [-0.4, -0.2) is 41.2 Å². The first-order valence-corrected chi connectivity index (χ1v) is 10.6. The highest BCUT2D eigenvalue weighted by Crippen LogP contribution is 2.32. The SMILES string of the molecule is CCCCCCCC1=NN2C(=N)C(=Cc3cc(OC)ccc3OC)C(=O)N=C2S1. The molecular formula is C21H26N4O3S. The number of nitrogens with one attached hydrogen (secondary N) is 1. The van der Waals surface area contributed by atoms with Crippen LogP contribution in [0.1, 0.15) is 51.0 Å². The highest BCUT2D eigenvalue weighted by atomic mass is 32.2. The van der Waals surface area contributed by atoms with Crippen molar-refractivity contribution < 1.29 is 14.3 Å². The lowest BCUT2D eigenvalue weighted by Gasteiger charge is -2.20. The Bertz CT molecular complexity index is 892. The van der Waals surface area contributed by atoms with E-state index < -0.39 is 5.91 Å². The van der Waals surface area contributed by atoms with Crippen molar-refractivity contribution in [3.63, 3.8) is 0 Å². The number of unbranched alkanes of at least 4 members (excludes halogenated alkanes) is 4. The molecule has 0 saturated heterocycles. The van der Waals surface area contributed by atoms with E-state index in [1.54, 1.807) is 38.5 Å². The molecule has 0 radical (unpaired) electrons. The zero-order valence-corrected chi connectivity index (χ0v) is 17.8. The molecular weight excluding hydrogens is 388 g/mol. The average molecular weight is 415 g/mol. The number of aliphatic imine (C=N–C) groups is 1. The minimum absolute atomic E-state index is 0.0263. The van der Waals surface area contributed by atoms with Crippen molar-refractivity contribution in [3.05, 3.63) is 29.3 Å². The third-order valence-corrected chi connectivity index (χ3v) is 5.70. The van der Waals surface area contributed by atoms with Gasteiger partial charge in [-0.05, 0) is 48.9 Å². The highest BCUT2D eigenvalue weighted by molar-refractivity contribution is 8.26. The molecule has 0 saturated carbocycles. The lowest BCUT2D eigenvalue weighted by molar-refractivity contribution is -0.114. The number of hydrazone groups is 1. The average Bonchev–Trinajstić information content (AvgIpc) is 3.13. The van der Waals surface area contributed by atoms with Gasteiger partial charge in [0.15, 0.2) is 5.84 Å². The summed E-state index contributed by atoms with van der Waals surface area (Å²) in [4.78, 5) is 16.7. The molecule has 8 heteroatoms. The van der Waals surface area contributed by atoms with Crippen LogP contribution in [0.25, 0.3) is 6.08 Å². The van der Waals surface area contributed by atoms with Crippen LogP contribution in [0.4, 0.5) is 0 Å². The summed E-state index contributed by atoms with van der Waals surface area (Å²) in [6, 6.07) is 5.30. The molecule has 2 heterocycles. The van der Waals surface area contributed by atoms with Crippen LogP contribution in [0, 0.1) is 5.41 Å². The number of amides is 1. The molecule has 0 atom stereocenters. The molecule has 2 aliphatic rings. The van der Waals surface area contributed by atoms with E-state index in [0.717, 1.165) is 24.3 Å². The number of benzene rings is 1. The van der Waals surface area contributed by atoms with Gasteiger partial charge in [0.2, 0.25) is 5.17 Å². The van der Waals surface area contributed by atoms with Crippen LogP contribution in [0.5, 0.6) is 11.5 Å². The standard InChI is InChI=1S/C21H26N4O3S/c1-4-5-6-7-8-9-18-24-25-19(22)16(20(26)23-21(25)29-18)13-14-12-15(27-2)10-11-17(14)28-3/h10-13,22H,4-9H2,1-3H3. The fourth-order valence-corrected chi connectivity index (χ4v) is 4.05. The van der Waals surface area contributed by atoms with Gasteiger partial charge in [0.05, 0.1) is 19.8 Å². The monoisotopic (exact) mass is 414 g/mol. The van der Waals surface area contributed by atoms with E-state index in [1.807, 2.05) is 0 Å². The molecule has 0 aromatic heterocycles. The molecule has 1 aromatic rings. The Labute approximate surface area is 175 Å². The van der Waals surface area contributed by atoms with E-state index in [2.05, 4.69) is 17.0 Å². The lowest BCUT2D eigenvalue weighted by atomic mass is 10.1. The number of carbonyl (C=O) groups is 1. The Kier molecular flexibility index (Phi) is 7.09. The van der Waals surface area contributed by atoms with Crippen molar-refractivity contribution in [1.82, 2.24) is 5.01 Å². The minimum atomic E-state index is -0.446. The van der Waals surface area contributed by atoms with E-state index in [-0.39, 0.29) is 11.4 Å². The van der Waals surface area contributed by atoms with E-state index in [9.17, 15) is 4.79 Å².